The van der Waals surface area contributed by atoms with Gasteiger partial charge in [-0.05, 0) is 41.8 Å². The van der Waals surface area contributed by atoms with Crippen molar-refractivity contribution in [3.05, 3.63) is 24.3 Å². The van der Waals surface area contributed by atoms with Gasteiger partial charge in [-0.3, -0.25) is 0 Å². The van der Waals surface area contributed by atoms with Gasteiger partial charge in [-0.25, -0.2) is 4.68 Å². The predicted molar refractivity (Wildman–Crippen MR) is 76.3 cm³/mol. The molecule has 6 nitrogen and oxygen atoms in total. The lowest BCUT2D eigenvalue weighted by Crippen LogP contribution is -2.19. The molecule has 1 N–H and O–H groups in total. The molecule has 1 aromatic carbocycles. The van der Waals surface area contributed by atoms with Crippen LogP contribution in [0.15, 0.2) is 24.3 Å². The zero-order valence-electron chi connectivity index (χ0n) is 11.6. The van der Waals surface area contributed by atoms with Crippen LogP contribution in [0.5, 0.6) is 0 Å². The van der Waals surface area contributed by atoms with Crippen LogP contribution >= 0.6 is 0 Å². The fourth-order valence-electron chi connectivity index (χ4n) is 2.51. The van der Waals surface area contributed by atoms with Crippen molar-refractivity contribution >= 4 is 5.69 Å². The molecule has 1 fully saturated rings. The van der Waals surface area contributed by atoms with E-state index in [1.165, 1.54) is 0 Å². The molecule has 1 unspecified atom stereocenters. The van der Waals surface area contributed by atoms with E-state index in [4.69, 9.17) is 4.74 Å². The smallest absolute Gasteiger partial charge is 0.181 e. The Hall–Kier alpha value is -1.95. The lowest BCUT2D eigenvalue weighted by molar-refractivity contribution is 0.144. The van der Waals surface area contributed by atoms with Crippen LogP contribution in [0.25, 0.3) is 11.4 Å². The summed E-state index contributed by atoms with van der Waals surface area (Å²) in [6.45, 7) is 1.72. The first-order chi connectivity index (χ1) is 9.83. The average Bonchev–Trinajstić information content (AvgIpc) is 2.72. The number of hydrogen-bond acceptors (Lipinski definition) is 5. The summed E-state index contributed by atoms with van der Waals surface area (Å²) in [6, 6.07) is 8.70. The molecule has 0 aliphatic carbocycles. The van der Waals surface area contributed by atoms with Gasteiger partial charge >= 0.3 is 0 Å². The van der Waals surface area contributed by atoms with Gasteiger partial charge < -0.3 is 10.1 Å². The molecule has 106 valence electrons. The number of ether oxygens (including phenoxy) is 1. The Morgan fingerprint density at radius 2 is 2.25 bits per heavy atom. The molecule has 0 spiro atoms. The molecule has 3 rings (SSSR count). The molecule has 6 heteroatoms. The molecular formula is C14H19N5O. The highest BCUT2D eigenvalue weighted by Gasteiger charge is 2.13. The van der Waals surface area contributed by atoms with Crippen LogP contribution in [0.4, 0.5) is 5.69 Å². The Kier molecular flexibility index (Phi) is 3.92. The van der Waals surface area contributed by atoms with Crippen molar-refractivity contribution in [2.45, 2.75) is 25.3 Å². The Balaban J connectivity index is 1.76. The van der Waals surface area contributed by atoms with Gasteiger partial charge in [-0.2, -0.15) is 0 Å². The van der Waals surface area contributed by atoms with Crippen molar-refractivity contribution in [1.82, 2.24) is 20.2 Å². The van der Waals surface area contributed by atoms with Crippen LogP contribution in [0.3, 0.4) is 0 Å². The van der Waals surface area contributed by atoms with Gasteiger partial charge in [-0.15, -0.1) is 5.10 Å². The molecule has 0 bridgehead atoms. The van der Waals surface area contributed by atoms with E-state index in [9.17, 15) is 0 Å². The largest absolute Gasteiger partial charge is 0.382 e. The highest BCUT2D eigenvalue weighted by atomic mass is 16.5. The van der Waals surface area contributed by atoms with Gasteiger partial charge in [0.15, 0.2) is 5.82 Å². The first-order valence-electron chi connectivity index (χ1n) is 7.00. The van der Waals surface area contributed by atoms with Gasteiger partial charge in [0.2, 0.25) is 0 Å². The van der Waals surface area contributed by atoms with Gasteiger partial charge in [0.25, 0.3) is 0 Å². The first-order valence-corrected chi connectivity index (χ1v) is 7.00. The highest BCUT2D eigenvalue weighted by Crippen LogP contribution is 2.22. The van der Waals surface area contributed by atoms with Crippen LogP contribution in [-0.2, 0) is 11.8 Å². The Labute approximate surface area is 118 Å². The SMILES string of the molecule is Cn1nnnc1-c1cccc(NC2CCCOCC2)c1. The number of rotatable bonds is 3. The molecule has 1 aliphatic rings. The second-order valence-electron chi connectivity index (χ2n) is 5.09. The first kappa shape index (κ1) is 13.1. The van der Waals surface area contributed by atoms with E-state index in [0.717, 1.165) is 49.6 Å². The Bertz CT molecular complexity index is 560. The number of aryl methyl sites for hydroxylation is 1. The van der Waals surface area contributed by atoms with Crippen molar-refractivity contribution in [3.8, 4) is 11.4 Å². The summed E-state index contributed by atoms with van der Waals surface area (Å²) in [5.74, 6) is 0.776. The third kappa shape index (κ3) is 2.96. The average molecular weight is 273 g/mol. The van der Waals surface area contributed by atoms with E-state index in [0.29, 0.717) is 6.04 Å². The zero-order chi connectivity index (χ0) is 13.8. The molecule has 0 amide bonds. The summed E-state index contributed by atoms with van der Waals surface area (Å²) >= 11 is 0. The molecule has 20 heavy (non-hydrogen) atoms. The Morgan fingerprint density at radius 1 is 1.30 bits per heavy atom. The minimum Gasteiger partial charge on any atom is -0.382 e. The number of nitrogens with zero attached hydrogens (tertiary/aromatic N) is 4. The summed E-state index contributed by atoms with van der Waals surface area (Å²) in [5, 5.41) is 15.2. The summed E-state index contributed by atoms with van der Waals surface area (Å²) in [5.41, 5.74) is 2.13. The number of hydrogen-bond donors (Lipinski definition) is 1. The van der Waals surface area contributed by atoms with Crippen molar-refractivity contribution in [3.63, 3.8) is 0 Å². The van der Waals surface area contributed by atoms with E-state index in [1.54, 1.807) is 4.68 Å². The van der Waals surface area contributed by atoms with Crippen molar-refractivity contribution in [2.24, 2.45) is 7.05 Å². The maximum atomic E-state index is 5.49. The number of anilines is 1. The second-order valence-corrected chi connectivity index (χ2v) is 5.09. The quantitative estimate of drug-likeness (QED) is 0.924. The highest BCUT2D eigenvalue weighted by molar-refractivity contribution is 5.62. The van der Waals surface area contributed by atoms with Crippen LogP contribution in [0.2, 0.25) is 0 Å². The number of nitrogens with one attached hydrogen (secondary N) is 1. The van der Waals surface area contributed by atoms with Crippen molar-refractivity contribution < 1.29 is 4.74 Å². The van der Waals surface area contributed by atoms with E-state index in [-0.39, 0.29) is 0 Å². The van der Waals surface area contributed by atoms with E-state index in [1.807, 2.05) is 19.2 Å². The van der Waals surface area contributed by atoms with Crippen LogP contribution in [-0.4, -0.2) is 39.5 Å². The lowest BCUT2D eigenvalue weighted by atomic mass is 10.1. The third-order valence-corrected chi connectivity index (χ3v) is 3.56. The predicted octanol–water partition coefficient (Wildman–Crippen LogP) is 1.86. The topological polar surface area (TPSA) is 64.9 Å². The van der Waals surface area contributed by atoms with E-state index < -0.39 is 0 Å². The second kappa shape index (κ2) is 6.00. The van der Waals surface area contributed by atoms with Crippen LogP contribution in [0, 0.1) is 0 Å². The Morgan fingerprint density at radius 3 is 3.10 bits per heavy atom. The fourth-order valence-corrected chi connectivity index (χ4v) is 2.51. The van der Waals surface area contributed by atoms with Gasteiger partial charge in [0.1, 0.15) is 0 Å². The molecular weight excluding hydrogens is 254 g/mol. The molecule has 0 saturated carbocycles. The van der Waals surface area contributed by atoms with Crippen molar-refractivity contribution in [1.29, 1.82) is 0 Å². The molecule has 1 aromatic heterocycles. The van der Waals surface area contributed by atoms with Crippen LogP contribution in [0.1, 0.15) is 19.3 Å². The normalized spacial score (nSPS) is 19.6. The van der Waals surface area contributed by atoms with Crippen LogP contribution < -0.4 is 5.32 Å². The summed E-state index contributed by atoms with van der Waals surface area (Å²) in [6.07, 6.45) is 3.32. The molecule has 1 aliphatic heterocycles. The molecule has 1 saturated heterocycles. The molecule has 2 aromatic rings. The number of benzene rings is 1. The fraction of sp³-hybridized carbons (Fsp3) is 0.500. The maximum Gasteiger partial charge on any atom is 0.181 e. The van der Waals surface area contributed by atoms with Gasteiger partial charge in [0, 0.05) is 37.6 Å². The third-order valence-electron chi connectivity index (χ3n) is 3.56. The standard InChI is InChI=1S/C14H19N5O/c1-19-14(16-17-18-19)11-4-2-5-13(10-11)15-12-6-3-8-20-9-7-12/h2,4-5,10,12,15H,3,6-9H2,1H3. The summed E-state index contributed by atoms with van der Waals surface area (Å²) in [4.78, 5) is 0. The van der Waals surface area contributed by atoms with Crippen molar-refractivity contribution in [2.75, 3.05) is 18.5 Å². The molecule has 0 radical (unpaired) electrons. The van der Waals surface area contributed by atoms with E-state index >= 15 is 0 Å². The maximum absolute atomic E-state index is 5.49. The molecule has 2 heterocycles. The van der Waals surface area contributed by atoms with Gasteiger partial charge in [0.05, 0.1) is 0 Å². The monoisotopic (exact) mass is 273 g/mol. The lowest BCUT2D eigenvalue weighted by Gasteiger charge is -2.17. The summed E-state index contributed by atoms with van der Waals surface area (Å²) < 4.78 is 7.17. The number of tetrazole rings is 1. The minimum absolute atomic E-state index is 0.477. The molecule has 1 atom stereocenters. The number of aromatic nitrogens is 4. The minimum atomic E-state index is 0.477. The van der Waals surface area contributed by atoms with Gasteiger partial charge in [-0.1, -0.05) is 12.1 Å². The van der Waals surface area contributed by atoms with E-state index in [2.05, 4.69) is 33.0 Å². The zero-order valence-corrected chi connectivity index (χ0v) is 11.6. The summed E-state index contributed by atoms with van der Waals surface area (Å²) in [7, 11) is 1.85.